The van der Waals surface area contributed by atoms with Gasteiger partial charge in [-0.1, -0.05) is 0 Å². The lowest BCUT2D eigenvalue weighted by atomic mass is 9.79. The number of nitrogens with one attached hydrogen (secondary N) is 1. The molecule has 4 heteroatoms. The summed E-state index contributed by atoms with van der Waals surface area (Å²) in [5.74, 6) is -2.79. The van der Waals surface area contributed by atoms with E-state index in [-0.39, 0.29) is 12.3 Å². The SMILES string of the molecule is FC1(F)CCNCC1C1CCOCC1. The minimum atomic E-state index is -2.47. The van der Waals surface area contributed by atoms with Gasteiger partial charge in [0.05, 0.1) is 0 Å². The van der Waals surface area contributed by atoms with E-state index in [9.17, 15) is 8.78 Å². The number of rotatable bonds is 1. The first-order valence-electron chi connectivity index (χ1n) is 5.36. The molecule has 0 aromatic heterocycles. The van der Waals surface area contributed by atoms with Crippen molar-refractivity contribution in [1.29, 1.82) is 0 Å². The van der Waals surface area contributed by atoms with Crippen LogP contribution in [0.5, 0.6) is 0 Å². The Morgan fingerprint density at radius 2 is 1.93 bits per heavy atom. The lowest BCUT2D eigenvalue weighted by molar-refractivity contribution is -0.113. The second-order valence-corrected chi connectivity index (χ2v) is 4.27. The Kier molecular flexibility index (Phi) is 3.02. The van der Waals surface area contributed by atoms with E-state index in [4.69, 9.17) is 4.74 Å². The van der Waals surface area contributed by atoms with Crippen LogP contribution in [0.25, 0.3) is 0 Å². The first-order chi connectivity index (χ1) is 6.70. The smallest absolute Gasteiger partial charge is 0.253 e. The lowest BCUT2D eigenvalue weighted by Crippen LogP contribution is -2.49. The number of halogens is 2. The molecule has 2 heterocycles. The van der Waals surface area contributed by atoms with Crippen LogP contribution in [0, 0.1) is 11.8 Å². The van der Waals surface area contributed by atoms with Crippen LogP contribution in [0.4, 0.5) is 8.78 Å². The molecule has 0 aromatic rings. The van der Waals surface area contributed by atoms with Crippen LogP contribution >= 0.6 is 0 Å². The van der Waals surface area contributed by atoms with Gasteiger partial charge >= 0.3 is 0 Å². The van der Waals surface area contributed by atoms with Crippen LogP contribution in [0.1, 0.15) is 19.3 Å². The van der Waals surface area contributed by atoms with Gasteiger partial charge in [-0.15, -0.1) is 0 Å². The van der Waals surface area contributed by atoms with Crippen molar-refractivity contribution in [1.82, 2.24) is 5.32 Å². The molecule has 2 rings (SSSR count). The van der Waals surface area contributed by atoms with Gasteiger partial charge < -0.3 is 10.1 Å². The Labute approximate surface area is 83.0 Å². The van der Waals surface area contributed by atoms with Crippen molar-refractivity contribution in [2.24, 2.45) is 11.8 Å². The van der Waals surface area contributed by atoms with Crippen LogP contribution in [0.2, 0.25) is 0 Å². The highest BCUT2D eigenvalue weighted by atomic mass is 19.3. The Morgan fingerprint density at radius 3 is 2.57 bits per heavy atom. The summed E-state index contributed by atoms with van der Waals surface area (Å²) < 4.78 is 32.3. The second kappa shape index (κ2) is 4.11. The van der Waals surface area contributed by atoms with Crippen LogP contribution in [-0.2, 0) is 4.74 Å². The van der Waals surface area contributed by atoms with E-state index in [1.54, 1.807) is 0 Å². The van der Waals surface area contributed by atoms with Crippen LogP contribution in [-0.4, -0.2) is 32.2 Å². The lowest BCUT2D eigenvalue weighted by Gasteiger charge is -2.38. The number of hydrogen-bond donors (Lipinski definition) is 1. The Balaban J connectivity index is 1.99. The van der Waals surface area contributed by atoms with Gasteiger partial charge in [0, 0.05) is 38.6 Å². The summed E-state index contributed by atoms with van der Waals surface area (Å²) in [7, 11) is 0. The fourth-order valence-electron chi connectivity index (χ4n) is 2.48. The van der Waals surface area contributed by atoms with E-state index in [0.29, 0.717) is 26.3 Å². The van der Waals surface area contributed by atoms with Gasteiger partial charge in [-0.25, -0.2) is 8.78 Å². The van der Waals surface area contributed by atoms with E-state index in [0.717, 1.165) is 12.8 Å². The summed E-state index contributed by atoms with van der Waals surface area (Å²) in [5, 5.41) is 3.07. The van der Waals surface area contributed by atoms with Gasteiger partial charge in [0.25, 0.3) is 5.92 Å². The van der Waals surface area contributed by atoms with Crippen LogP contribution in [0.3, 0.4) is 0 Å². The summed E-state index contributed by atoms with van der Waals surface area (Å²) in [6.07, 6.45) is 1.58. The maximum absolute atomic E-state index is 13.6. The molecule has 2 fully saturated rings. The predicted octanol–water partition coefficient (Wildman–Crippen LogP) is 1.66. The standard InChI is InChI=1S/C10H17F2NO/c11-10(12)3-4-13-7-9(10)8-1-5-14-6-2-8/h8-9,13H,1-7H2. The van der Waals surface area contributed by atoms with Gasteiger partial charge in [-0.05, 0) is 18.8 Å². The molecule has 0 aliphatic carbocycles. The third-order valence-corrected chi connectivity index (χ3v) is 3.38. The molecule has 1 atom stereocenters. The monoisotopic (exact) mass is 205 g/mol. The molecule has 0 saturated carbocycles. The molecule has 14 heavy (non-hydrogen) atoms. The predicted molar refractivity (Wildman–Crippen MR) is 49.5 cm³/mol. The van der Waals surface area contributed by atoms with E-state index in [1.165, 1.54) is 0 Å². The van der Waals surface area contributed by atoms with Crippen molar-refractivity contribution in [2.45, 2.75) is 25.2 Å². The average Bonchev–Trinajstić information content (AvgIpc) is 2.18. The zero-order valence-corrected chi connectivity index (χ0v) is 8.27. The van der Waals surface area contributed by atoms with Crippen LogP contribution in [0.15, 0.2) is 0 Å². The molecule has 0 bridgehead atoms. The number of alkyl halides is 2. The van der Waals surface area contributed by atoms with E-state index < -0.39 is 11.8 Å². The zero-order valence-electron chi connectivity index (χ0n) is 8.27. The highest BCUT2D eigenvalue weighted by Gasteiger charge is 2.45. The summed E-state index contributed by atoms with van der Waals surface area (Å²) >= 11 is 0. The molecule has 2 nitrogen and oxygen atoms in total. The van der Waals surface area contributed by atoms with Crippen molar-refractivity contribution in [3.05, 3.63) is 0 Å². The molecule has 0 radical (unpaired) electrons. The van der Waals surface area contributed by atoms with Crippen molar-refractivity contribution < 1.29 is 13.5 Å². The summed E-state index contributed by atoms with van der Waals surface area (Å²) in [4.78, 5) is 0. The summed E-state index contributed by atoms with van der Waals surface area (Å²) in [6.45, 7) is 2.22. The van der Waals surface area contributed by atoms with E-state index in [2.05, 4.69) is 5.32 Å². The maximum atomic E-state index is 13.6. The minimum Gasteiger partial charge on any atom is -0.381 e. The number of hydrogen-bond acceptors (Lipinski definition) is 2. The molecule has 2 aliphatic rings. The first-order valence-corrected chi connectivity index (χ1v) is 5.36. The van der Waals surface area contributed by atoms with Gasteiger partial charge in [0.1, 0.15) is 0 Å². The van der Waals surface area contributed by atoms with Crippen LogP contribution < -0.4 is 5.32 Å². The topological polar surface area (TPSA) is 21.3 Å². The number of ether oxygens (including phenoxy) is 1. The zero-order chi connectivity index (χ0) is 10.0. The van der Waals surface area contributed by atoms with Crippen molar-refractivity contribution in [3.8, 4) is 0 Å². The highest BCUT2D eigenvalue weighted by molar-refractivity contribution is 4.89. The van der Waals surface area contributed by atoms with Gasteiger partial charge in [0.2, 0.25) is 0 Å². The third kappa shape index (κ3) is 2.06. The van der Waals surface area contributed by atoms with Crippen molar-refractivity contribution >= 4 is 0 Å². The molecule has 2 aliphatic heterocycles. The summed E-state index contributed by atoms with van der Waals surface area (Å²) in [6, 6.07) is 0. The molecular weight excluding hydrogens is 188 g/mol. The quantitative estimate of drug-likeness (QED) is 0.703. The molecule has 82 valence electrons. The largest absolute Gasteiger partial charge is 0.381 e. The molecule has 0 aromatic carbocycles. The Bertz CT molecular complexity index is 193. The Hall–Kier alpha value is -0.220. The fourth-order valence-corrected chi connectivity index (χ4v) is 2.48. The highest BCUT2D eigenvalue weighted by Crippen LogP contribution is 2.39. The molecule has 1 N–H and O–H groups in total. The van der Waals surface area contributed by atoms with Crippen molar-refractivity contribution in [3.63, 3.8) is 0 Å². The van der Waals surface area contributed by atoms with Crippen molar-refractivity contribution in [2.75, 3.05) is 26.3 Å². The van der Waals surface area contributed by atoms with Gasteiger partial charge in [-0.2, -0.15) is 0 Å². The second-order valence-electron chi connectivity index (χ2n) is 4.27. The Morgan fingerprint density at radius 1 is 1.21 bits per heavy atom. The minimum absolute atomic E-state index is 0.00494. The van der Waals surface area contributed by atoms with Gasteiger partial charge in [-0.3, -0.25) is 0 Å². The molecule has 0 amide bonds. The first kappa shape index (κ1) is 10.3. The number of piperidine rings is 1. The average molecular weight is 205 g/mol. The molecule has 2 saturated heterocycles. The fraction of sp³-hybridized carbons (Fsp3) is 1.00. The third-order valence-electron chi connectivity index (χ3n) is 3.38. The molecular formula is C10H17F2NO. The molecule has 0 spiro atoms. The normalized spacial score (nSPS) is 34.3. The maximum Gasteiger partial charge on any atom is 0.253 e. The van der Waals surface area contributed by atoms with E-state index in [1.807, 2.05) is 0 Å². The van der Waals surface area contributed by atoms with E-state index >= 15 is 0 Å². The molecule has 1 unspecified atom stereocenters. The van der Waals surface area contributed by atoms with Gasteiger partial charge in [0.15, 0.2) is 0 Å². The summed E-state index contributed by atoms with van der Waals surface area (Å²) in [5.41, 5.74) is 0.